The molecular formula is C20H19ClF3N5O2. The van der Waals surface area contributed by atoms with Crippen molar-refractivity contribution in [2.45, 2.75) is 13.1 Å². The second kappa shape index (κ2) is 8.84. The van der Waals surface area contributed by atoms with Gasteiger partial charge in [0.2, 0.25) is 5.95 Å². The zero-order valence-electron chi connectivity index (χ0n) is 16.9. The van der Waals surface area contributed by atoms with Crippen LogP contribution in [0.2, 0.25) is 5.02 Å². The first-order valence-corrected chi connectivity index (χ1v) is 9.53. The van der Waals surface area contributed by atoms with E-state index in [9.17, 15) is 18.0 Å². The lowest BCUT2D eigenvalue weighted by Gasteiger charge is -2.19. The fraction of sp³-hybridized carbons (Fsp3) is 0.250. The highest BCUT2D eigenvalue weighted by molar-refractivity contribution is 6.30. The molecule has 11 heteroatoms. The largest absolute Gasteiger partial charge is 0.450 e. The van der Waals surface area contributed by atoms with Crippen molar-refractivity contribution in [1.82, 2.24) is 14.8 Å². The number of hydrogen-bond donors (Lipinski definition) is 1. The predicted octanol–water partition coefficient (Wildman–Crippen LogP) is 5.49. The Morgan fingerprint density at radius 2 is 1.97 bits per heavy atom. The van der Waals surface area contributed by atoms with Gasteiger partial charge in [0.15, 0.2) is 5.82 Å². The number of halogens is 4. The molecule has 0 aliphatic heterocycles. The van der Waals surface area contributed by atoms with Gasteiger partial charge in [-0.1, -0.05) is 17.7 Å². The molecule has 0 aliphatic rings. The minimum absolute atomic E-state index is 0.0129. The Bertz CT molecular complexity index is 1100. The van der Waals surface area contributed by atoms with Crippen molar-refractivity contribution in [2.75, 3.05) is 23.9 Å². The third-order valence-corrected chi connectivity index (χ3v) is 4.67. The van der Waals surface area contributed by atoms with Gasteiger partial charge in [0.25, 0.3) is 0 Å². The molecule has 1 heterocycles. The van der Waals surface area contributed by atoms with Crippen LogP contribution in [0.3, 0.4) is 0 Å². The summed E-state index contributed by atoms with van der Waals surface area (Å²) in [5.41, 5.74) is -0.496. The molecule has 0 fully saturated rings. The predicted molar refractivity (Wildman–Crippen MR) is 112 cm³/mol. The van der Waals surface area contributed by atoms with Crippen molar-refractivity contribution in [3.8, 4) is 11.4 Å². The lowest BCUT2D eigenvalue weighted by atomic mass is 10.1. The quantitative estimate of drug-likeness (QED) is 0.553. The molecule has 164 valence electrons. The van der Waals surface area contributed by atoms with Gasteiger partial charge in [0.1, 0.15) is 0 Å². The second-order valence-corrected chi connectivity index (χ2v) is 6.96. The molecule has 1 N–H and O–H groups in total. The van der Waals surface area contributed by atoms with Crippen molar-refractivity contribution in [3.63, 3.8) is 0 Å². The van der Waals surface area contributed by atoms with Gasteiger partial charge in [0, 0.05) is 36.1 Å². The smallest absolute Gasteiger partial charge is 0.417 e. The molecule has 3 rings (SSSR count). The molecule has 1 aromatic heterocycles. The van der Waals surface area contributed by atoms with Crippen LogP contribution in [0, 0.1) is 0 Å². The maximum Gasteiger partial charge on any atom is 0.417 e. The molecule has 0 saturated heterocycles. The lowest BCUT2D eigenvalue weighted by Crippen LogP contribution is -2.16. The Morgan fingerprint density at radius 1 is 1.23 bits per heavy atom. The Hall–Kier alpha value is -3.27. The fourth-order valence-corrected chi connectivity index (χ4v) is 3.17. The van der Waals surface area contributed by atoms with Crippen LogP contribution in [0.25, 0.3) is 11.4 Å². The Morgan fingerprint density at radius 3 is 2.61 bits per heavy atom. The molecule has 0 atom stereocenters. The lowest BCUT2D eigenvalue weighted by molar-refractivity contribution is -0.137. The average molecular weight is 454 g/mol. The van der Waals surface area contributed by atoms with Crippen LogP contribution in [0.1, 0.15) is 12.5 Å². The van der Waals surface area contributed by atoms with E-state index >= 15 is 0 Å². The van der Waals surface area contributed by atoms with Crippen LogP contribution in [0.4, 0.5) is 35.3 Å². The van der Waals surface area contributed by atoms with E-state index in [4.69, 9.17) is 16.3 Å². The normalized spacial score (nSPS) is 11.3. The summed E-state index contributed by atoms with van der Waals surface area (Å²) in [5.74, 6) is 0.331. The summed E-state index contributed by atoms with van der Waals surface area (Å²) in [6.07, 6.45) is -5.53. The van der Waals surface area contributed by atoms with Crippen LogP contribution >= 0.6 is 11.6 Å². The molecule has 0 spiro atoms. The highest BCUT2D eigenvalue weighted by Crippen LogP contribution is 2.39. The summed E-state index contributed by atoms with van der Waals surface area (Å²) in [5, 5.41) is 10.8. The van der Waals surface area contributed by atoms with Gasteiger partial charge in [-0.2, -0.15) is 13.2 Å². The van der Waals surface area contributed by atoms with Crippen LogP contribution in [0.15, 0.2) is 42.5 Å². The standard InChI is InChI=1S/C20H19ClF3N5O2/c1-4-31-19(30)25-13-8-9-15(16(11-13)20(22,23)24)17-26-27-18(29(17)3)28(2)14-7-5-6-12(21)10-14/h5-11H,4H2,1-3H3,(H,25,30). The minimum atomic E-state index is -4.69. The van der Waals surface area contributed by atoms with Crippen LogP contribution < -0.4 is 10.2 Å². The average Bonchev–Trinajstić information content (AvgIpc) is 3.08. The van der Waals surface area contributed by atoms with Gasteiger partial charge in [-0.3, -0.25) is 9.88 Å². The number of rotatable bonds is 5. The van der Waals surface area contributed by atoms with Crippen molar-refractivity contribution < 1.29 is 22.7 Å². The Balaban J connectivity index is 2.01. The monoisotopic (exact) mass is 453 g/mol. The van der Waals surface area contributed by atoms with Gasteiger partial charge in [0.05, 0.1) is 12.2 Å². The van der Waals surface area contributed by atoms with Gasteiger partial charge in [-0.15, -0.1) is 10.2 Å². The number of amides is 1. The van der Waals surface area contributed by atoms with E-state index in [2.05, 4.69) is 15.5 Å². The Labute approximate surface area is 181 Å². The van der Waals surface area contributed by atoms with E-state index in [-0.39, 0.29) is 23.7 Å². The number of carbonyl (C=O) groups is 1. The first kappa shape index (κ1) is 22.4. The molecule has 7 nitrogen and oxygen atoms in total. The van der Waals surface area contributed by atoms with Crippen molar-refractivity contribution in [2.24, 2.45) is 7.05 Å². The number of alkyl halides is 3. The van der Waals surface area contributed by atoms with Crippen molar-refractivity contribution >= 4 is 35.0 Å². The van der Waals surface area contributed by atoms with E-state index in [0.29, 0.717) is 16.7 Å². The molecule has 3 aromatic rings. The van der Waals surface area contributed by atoms with E-state index < -0.39 is 17.8 Å². The summed E-state index contributed by atoms with van der Waals surface area (Å²) >= 11 is 6.03. The maximum absolute atomic E-state index is 13.8. The van der Waals surface area contributed by atoms with E-state index in [1.807, 2.05) is 0 Å². The van der Waals surface area contributed by atoms with Gasteiger partial charge in [-0.05, 0) is 43.3 Å². The number of ether oxygens (including phenoxy) is 1. The third kappa shape index (κ3) is 4.91. The fourth-order valence-electron chi connectivity index (χ4n) is 2.98. The summed E-state index contributed by atoms with van der Waals surface area (Å²) < 4.78 is 47.5. The topological polar surface area (TPSA) is 72.3 Å². The molecule has 0 saturated carbocycles. The number of hydrogen-bond acceptors (Lipinski definition) is 5. The molecule has 31 heavy (non-hydrogen) atoms. The van der Waals surface area contributed by atoms with E-state index in [1.165, 1.54) is 16.7 Å². The highest BCUT2D eigenvalue weighted by atomic mass is 35.5. The molecule has 0 unspecified atom stereocenters. The van der Waals surface area contributed by atoms with Gasteiger partial charge < -0.3 is 9.64 Å². The number of nitrogens with zero attached hydrogens (tertiary/aromatic N) is 4. The van der Waals surface area contributed by atoms with Gasteiger partial charge in [-0.25, -0.2) is 4.79 Å². The maximum atomic E-state index is 13.8. The Kier molecular flexibility index (Phi) is 6.40. The molecule has 0 bridgehead atoms. The summed E-state index contributed by atoms with van der Waals surface area (Å²) in [6, 6.07) is 10.4. The summed E-state index contributed by atoms with van der Waals surface area (Å²) in [6.45, 7) is 1.69. The molecule has 1 amide bonds. The molecule has 0 radical (unpaired) electrons. The zero-order valence-corrected chi connectivity index (χ0v) is 17.6. The van der Waals surface area contributed by atoms with E-state index in [1.54, 1.807) is 50.2 Å². The summed E-state index contributed by atoms with van der Waals surface area (Å²) in [4.78, 5) is 13.2. The minimum Gasteiger partial charge on any atom is -0.450 e. The second-order valence-electron chi connectivity index (χ2n) is 6.53. The number of aromatic nitrogens is 3. The molecule has 0 aliphatic carbocycles. The van der Waals surface area contributed by atoms with Crippen molar-refractivity contribution in [3.05, 3.63) is 53.1 Å². The molecular weight excluding hydrogens is 435 g/mol. The number of nitrogens with one attached hydrogen (secondary N) is 1. The van der Waals surface area contributed by atoms with Crippen molar-refractivity contribution in [1.29, 1.82) is 0 Å². The number of anilines is 3. The van der Waals surface area contributed by atoms with Crippen LogP contribution in [-0.4, -0.2) is 34.5 Å². The zero-order chi connectivity index (χ0) is 22.8. The number of carbonyl (C=O) groups excluding carboxylic acids is 1. The first-order valence-electron chi connectivity index (χ1n) is 9.16. The van der Waals surface area contributed by atoms with E-state index in [0.717, 1.165) is 6.07 Å². The SMILES string of the molecule is CCOC(=O)Nc1ccc(-c2nnc(N(C)c3cccc(Cl)c3)n2C)c(C(F)(F)F)c1. The first-order chi connectivity index (χ1) is 14.6. The third-order valence-electron chi connectivity index (χ3n) is 4.44. The van der Waals surface area contributed by atoms with Gasteiger partial charge >= 0.3 is 12.3 Å². The molecule has 2 aromatic carbocycles. The van der Waals surface area contributed by atoms with Crippen LogP contribution in [0.5, 0.6) is 0 Å². The number of benzene rings is 2. The highest BCUT2D eigenvalue weighted by Gasteiger charge is 2.35. The summed E-state index contributed by atoms with van der Waals surface area (Å²) in [7, 11) is 3.27. The van der Waals surface area contributed by atoms with Crippen LogP contribution in [-0.2, 0) is 18.0 Å².